The molecule has 6 nitrogen and oxygen atoms in total. The minimum Gasteiger partial charge on any atom is -0.541 e. The molecule has 0 unspecified atom stereocenters. The summed E-state index contributed by atoms with van der Waals surface area (Å²) < 4.78 is 11.6. The molecule has 0 atom stereocenters. The van der Waals surface area contributed by atoms with Gasteiger partial charge in [-0.15, -0.1) is 0 Å². The van der Waals surface area contributed by atoms with Crippen LogP contribution in [0.1, 0.15) is 39.5 Å². The molecular formula is C14H24O6Sn. The molecule has 0 fully saturated rings. The summed E-state index contributed by atoms with van der Waals surface area (Å²) in [6, 6.07) is 0. The summed E-state index contributed by atoms with van der Waals surface area (Å²) >= 11 is 0.149. The number of rotatable bonds is 10. The minimum atomic E-state index is -1.78. The molecule has 0 saturated heterocycles. The van der Waals surface area contributed by atoms with Gasteiger partial charge in [-0.05, 0) is 0 Å². The van der Waals surface area contributed by atoms with Crippen molar-refractivity contribution in [3.8, 4) is 0 Å². The maximum absolute atomic E-state index is 10.2. The van der Waals surface area contributed by atoms with Gasteiger partial charge in [0, 0.05) is 0 Å². The Morgan fingerprint density at radius 2 is 1.19 bits per heavy atom. The molecule has 0 rings (SSSR count). The molecule has 0 aromatic carbocycles. The van der Waals surface area contributed by atoms with Crippen LogP contribution in [0.2, 0.25) is 8.87 Å². The standard InChI is InChI=1S/C6H8O6.2C4H9.Sn/c1-11-3(5(7)8)4(12-2)6(9)10;2*1-3-4-2;/h1-2H3,(H,7,8)(H,9,10);2*1,3-4H2,2H3;/q;;;+2/p-2/b4-3-;;;. The fourth-order valence-corrected chi connectivity index (χ4v) is 5.42. The molecule has 0 aromatic rings. The average molecular weight is 407 g/mol. The van der Waals surface area contributed by atoms with Crippen molar-refractivity contribution < 1.29 is 29.3 Å². The molecular weight excluding hydrogens is 383 g/mol. The maximum atomic E-state index is 10.2. The minimum absolute atomic E-state index is 0.149. The Labute approximate surface area is 136 Å². The number of unbranched alkanes of at least 4 members (excludes halogenated alkanes) is 2. The van der Waals surface area contributed by atoms with E-state index in [2.05, 4.69) is 23.3 Å². The first-order chi connectivity index (χ1) is 9.95. The monoisotopic (exact) mass is 408 g/mol. The van der Waals surface area contributed by atoms with Crippen molar-refractivity contribution in [1.82, 2.24) is 0 Å². The Morgan fingerprint density at radius 1 is 0.857 bits per heavy atom. The molecule has 0 spiro atoms. The summed E-state index contributed by atoms with van der Waals surface area (Å²) in [7, 11) is 1.96. The van der Waals surface area contributed by atoms with Gasteiger partial charge in [0.1, 0.15) is 11.9 Å². The first kappa shape index (κ1) is 22.4. The van der Waals surface area contributed by atoms with Gasteiger partial charge in [0.05, 0.1) is 14.2 Å². The molecule has 0 aliphatic heterocycles. The number of hydrogen-bond acceptors (Lipinski definition) is 6. The van der Waals surface area contributed by atoms with E-state index in [-0.39, 0.29) is 21.1 Å². The van der Waals surface area contributed by atoms with Gasteiger partial charge >= 0.3 is 69.5 Å². The van der Waals surface area contributed by atoms with Gasteiger partial charge in [-0.2, -0.15) is 0 Å². The third kappa shape index (κ3) is 12.5. The van der Waals surface area contributed by atoms with E-state index < -0.39 is 23.5 Å². The zero-order valence-electron chi connectivity index (χ0n) is 13.2. The number of methoxy groups -OCH3 is 2. The molecule has 7 heteroatoms. The number of carbonyl (C=O) groups excluding carboxylic acids is 2. The second kappa shape index (κ2) is 15.5. The van der Waals surface area contributed by atoms with Gasteiger partial charge in [-0.1, -0.05) is 0 Å². The second-order valence-corrected chi connectivity index (χ2v) is 8.38. The SMILES string of the molecule is CCC[CH2][Sn+2][CH2]CCC.CO/C(C(=O)[O-])=C(\OC)C(=O)[O-]. The molecule has 0 amide bonds. The van der Waals surface area contributed by atoms with Crippen molar-refractivity contribution >= 4 is 33.1 Å². The largest absolute Gasteiger partial charge is 0.541 e. The fourth-order valence-electron chi connectivity index (χ4n) is 1.27. The van der Waals surface area contributed by atoms with Crippen LogP contribution in [0.25, 0.3) is 0 Å². The number of carbonyl (C=O) groups is 2. The third-order valence-electron chi connectivity index (χ3n) is 2.40. The first-order valence-electron chi connectivity index (χ1n) is 6.91. The summed E-state index contributed by atoms with van der Waals surface area (Å²) in [6.07, 6.45) is 5.84. The van der Waals surface area contributed by atoms with Crippen molar-refractivity contribution in [2.75, 3.05) is 14.2 Å². The van der Waals surface area contributed by atoms with Gasteiger partial charge in [-0.3, -0.25) is 0 Å². The Bertz CT molecular complexity index is 297. The molecule has 21 heavy (non-hydrogen) atoms. The van der Waals surface area contributed by atoms with Gasteiger partial charge < -0.3 is 29.3 Å². The zero-order chi connectivity index (χ0) is 16.7. The Hall–Kier alpha value is -0.921. The molecule has 0 heterocycles. The molecule has 0 N–H and O–H groups in total. The van der Waals surface area contributed by atoms with Crippen LogP contribution < -0.4 is 10.2 Å². The summed E-state index contributed by atoms with van der Waals surface area (Å²) in [5.41, 5.74) is 0. The molecule has 120 valence electrons. The van der Waals surface area contributed by atoms with Crippen molar-refractivity contribution in [3.05, 3.63) is 11.5 Å². The van der Waals surface area contributed by atoms with E-state index in [1.165, 1.54) is 25.7 Å². The normalized spacial score (nSPS) is 10.5. The van der Waals surface area contributed by atoms with Crippen LogP contribution in [0.15, 0.2) is 11.5 Å². The van der Waals surface area contributed by atoms with Crippen LogP contribution >= 0.6 is 0 Å². The smallest absolute Gasteiger partial charge is 0.185 e. The molecule has 0 radical (unpaired) electrons. The van der Waals surface area contributed by atoms with Crippen LogP contribution in [0.4, 0.5) is 0 Å². The van der Waals surface area contributed by atoms with Crippen LogP contribution in [0, 0.1) is 0 Å². The number of carboxylic acid groups (broad SMARTS) is 2. The van der Waals surface area contributed by atoms with Crippen molar-refractivity contribution in [2.45, 2.75) is 48.4 Å². The number of carboxylic acids is 2. The van der Waals surface area contributed by atoms with Crippen molar-refractivity contribution in [2.24, 2.45) is 0 Å². The van der Waals surface area contributed by atoms with Crippen LogP contribution in [-0.4, -0.2) is 47.3 Å². The predicted molar refractivity (Wildman–Crippen MR) is 76.2 cm³/mol. The van der Waals surface area contributed by atoms with Gasteiger partial charge in [0.15, 0.2) is 11.5 Å². The van der Waals surface area contributed by atoms with Crippen LogP contribution in [0.5, 0.6) is 0 Å². The van der Waals surface area contributed by atoms with E-state index in [0.29, 0.717) is 0 Å². The van der Waals surface area contributed by atoms with Crippen LogP contribution in [0.3, 0.4) is 0 Å². The summed E-state index contributed by atoms with van der Waals surface area (Å²) in [4.78, 5) is 20.3. The van der Waals surface area contributed by atoms with Gasteiger partial charge in [0.2, 0.25) is 0 Å². The van der Waals surface area contributed by atoms with E-state index in [1.807, 2.05) is 0 Å². The quantitative estimate of drug-likeness (QED) is 0.221. The maximum Gasteiger partial charge on any atom is 0.185 e. The van der Waals surface area contributed by atoms with E-state index >= 15 is 0 Å². The molecule has 0 aliphatic carbocycles. The van der Waals surface area contributed by atoms with E-state index in [4.69, 9.17) is 0 Å². The molecule has 0 bridgehead atoms. The fraction of sp³-hybridized carbons (Fsp3) is 0.714. The number of hydrogen-bond donors (Lipinski definition) is 0. The van der Waals surface area contributed by atoms with E-state index in [9.17, 15) is 19.8 Å². The number of aliphatic carboxylic acids is 2. The number of ether oxygens (including phenoxy) is 2. The van der Waals surface area contributed by atoms with Gasteiger partial charge in [0.25, 0.3) is 0 Å². The Kier molecular flexibility index (Phi) is 16.5. The van der Waals surface area contributed by atoms with Gasteiger partial charge in [-0.25, -0.2) is 0 Å². The van der Waals surface area contributed by atoms with Crippen molar-refractivity contribution in [3.63, 3.8) is 0 Å². The Balaban J connectivity index is 0. The first-order valence-corrected chi connectivity index (χ1v) is 10.9. The van der Waals surface area contributed by atoms with E-state index in [1.54, 1.807) is 8.87 Å². The second-order valence-electron chi connectivity index (χ2n) is 4.10. The molecule has 0 aromatic heterocycles. The zero-order valence-corrected chi connectivity index (χ0v) is 16.0. The molecule has 0 saturated carbocycles. The summed E-state index contributed by atoms with van der Waals surface area (Å²) in [5, 5.41) is 20.3. The average Bonchev–Trinajstić information content (AvgIpc) is 2.44. The topological polar surface area (TPSA) is 98.7 Å². The summed E-state index contributed by atoms with van der Waals surface area (Å²) in [5.74, 6) is -5.37. The molecule has 0 aliphatic rings. The summed E-state index contributed by atoms with van der Waals surface area (Å²) in [6.45, 7) is 4.58. The third-order valence-corrected chi connectivity index (χ3v) is 6.44. The Morgan fingerprint density at radius 3 is 1.38 bits per heavy atom. The van der Waals surface area contributed by atoms with Crippen molar-refractivity contribution in [1.29, 1.82) is 0 Å². The predicted octanol–water partition coefficient (Wildman–Crippen LogP) is 0.118. The van der Waals surface area contributed by atoms with E-state index in [0.717, 1.165) is 14.2 Å². The van der Waals surface area contributed by atoms with Crippen LogP contribution in [-0.2, 0) is 19.1 Å².